The van der Waals surface area contributed by atoms with Gasteiger partial charge in [-0.05, 0) is 64.0 Å². The van der Waals surface area contributed by atoms with Crippen molar-refractivity contribution >= 4 is 11.9 Å². The Hall–Kier alpha value is -3.45. The van der Waals surface area contributed by atoms with E-state index in [1.807, 2.05) is 33.8 Å². The predicted molar refractivity (Wildman–Crippen MR) is 123 cm³/mol. The summed E-state index contributed by atoms with van der Waals surface area (Å²) in [5, 5.41) is 32.0. The van der Waals surface area contributed by atoms with E-state index in [2.05, 4.69) is 0 Å². The van der Waals surface area contributed by atoms with Gasteiger partial charge in [-0.3, -0.25) is 4.79 Å². The number of fused-ring (bicyclic) bond motifs is 2. The van der Waals surface area contributed by atoms with Gasteiger partial charge in [-0.1, -0.05) is 17.7 Å². The Balaban J connectivity index is 1.92. The number of rotatable bonds is 4. The summed E-state index contributed by atoms with van der Waals surface area (Å²) < 4.78 is 17.5. The molecule has 0 fully saturated rings. The number of Topliss-reactive ketones (excluding diaryl/α,β-unsaturated/α-hetero) is 1. The zero-order chi connectivity index (χ0) is 24.1. The van der Waals surface area contributed by atoms with Crippen LogP contribution < -0.4 is 14.2 Å². The highest BCUT2D eigenvalue weighted by molar-refractivity contribution is 6.07. The molecule has 4 rings (SSSR count). The highest BCUT2D eigenvalue weighted by Gasteiger charge is 2.43. The number of carbonyl (C=O) groups is 1. The standard InChI is InChI=1S/C26H28O7/c1-13(2)6-8-16-24-15(10-11-26(3,4)33-24)20(28)19-21(29)22(30)23(32-25(16)19)14-7-9-18(31-5)17(27)12-14/h6-7,9-12,22-23,27-28,30H,8H2,1-5H3. The molecule has 2 atom stereocenters. The van der Waals surface area contributed by atoms with Crippen LogP contribution in [-0.2, 0) is 6.42 Å². The quantitative estimate of drug-likeness (QED) is 0.588. The summed E-state index contributed by atoms with van der Waals surface area (Å²) in [6.45, 7) is 7.71. The number of methoxy groups -OCH3 is 1. The van der Waals surface area contributed by atoms with Gasteiger partial charge < -0.3 is 29.5 Å². The van der Waals surface area contributed by atoms with E-state index in [4.69, 9.17) is 14.2 Å². The van der Waals surface area contributed by atoms with Gasteiger partial charge in [0.25, 0.3) is 0 Å². The van der Waals surface area contributed by atoms with E-state index < -0.39 is 23.6 Å². The number of allylic oxidation sites excluding steroid dienone is 2. The lowest BCUT2D eigenvalue weighted by Crippen LogP contribution is -2.37. The SMILES string of the molecule is COc1ccc(C2Oc3c(CC=C(C)C)c4c(c(O)c3C(=O)C2O)C=CC(C)(C)O4)cc1O. The molecule has 0 aromatic heterocycles. The third kappa shape index (κ3) is 3.93. The number of carbonyl (C=O) groups excluding carboxylic acids is 1. The van der Waals surface area contributed by atoms with Crippen molar-refractivity contribution in [3.63, 3.8) is 0 Å². The van der Waals surface area contributed by atoms with Crippen molar-refractivity contribution in [2.24, 2.45) is 0 Å². The van der Waals surface area contributed by atoms with Crippen molar-refractivity contribution in [2.45, 2.75) is 51.9 Å². The molecule has 3 N–H and O–H groups in total. The van der Waals surface area contributed by atoms with Crippen LogP contribution in [0.25, 0.3) is 6.08 Å². The van der Waals surface area contributed by atoms with E-state index in [1.165, 1.54) is 19.2 Å². The topological polar surface area (TPSA) is 105 Å². The molecule has 2 aromatic carbocycles. The van der Waals surface area contributed by atoms with Crippen LogP contribution >= 0.6 is 0 Å². The maximum absolute atomic E-state index is 13.3. The smallest absolute Gasteiger partial charge is 0.202 e. The van der Waals surface area contributed by atoms with E-state index in [-0.39, 0.29) is 28.6 Å². The summed E-state index contributed by atoms with van der Waals surface area (Å²) in [5.41, 5.74) is 1.77. The summed E-state index contributed by atoms with van der Waals surface area (Å²) in [5.74, 6) is -0.213. The Bertz CT molecular complexity index is 1190. The molecule has 0 bridgehead atoms. The average Bonchev–Trinajstić information content (AvgIpc) is 2.74. The highest BCUT2D eigenvalue weighted by atomic mass is 16.5. The summed E-state index contributed by atoms with van der Waals surface area (Å²) in [7, 11) is 1.43. The van der Waals surface area contributed by atoms with Crippen LogP contribution in [0.2, 0.25) is 0 Å². The van der Waals surface area contributed by atoms with Crippen molar-refractivity contribution in [3.8, 4) is 28.7 Å². The van der Waals surface area contributed by atoms with Gasteiger partial charge in [0.05, 0.1) is 12.7 Å². The number of hydrogen-bond acceptors (Lipinski definition) is 7. The molecule has 0 saturated carbocycles. The third-order valence-electron chi connectivity index (χ3n) is 5.82. The number of aliphatic hydroxyl groups excluding tert-OH is 1. The highest BCUT2D eigenvalue weighted by Crippen LogP contribution is 2.51. The molecule has 174 valence electrons. The first-order chi connectivity index (χ1) is 15.5. The molecular formula is C26H28O7. The number of hydrogen-bond donors (Lipinski definition) is 3. The molecule has 2 aliphatic rings. The lowest BCUT2D eigenvalue weighted by atomic mass is 9.87. The first kappa shape index (κ1) is 22.7. The Morgan fingerprint density at radius 3 is 2.58 bits per heavy atom. The fraction of sp³-hybridized carbons (Fsp3) is 0.346. The van der Waals surface area contributed by atoms with Gasteiger partial charge in [0.1, 0.15) is 28.4 Å². The Morgan fingerprint density at radius 2 is 1.94 bits per heavy atom. The molecule has 2 heterocycles. The van der Waals surface area contributed by atoms with Crippen LogP contribution in [0.3, 0.4) is 0 Å². The van der Waals surface area contributed by atoms with Crippen molar-refractivity contribution in [1.82, 2.24) is 0 Å². The van der Waals surface area contributed by atoms with Gasteiger partial charge in [0, 0.05) is 5.56 Å². The number of phenolic OH excluding ortho intramolecular Hbond substituents is 2. The van der Waals surface area contributed by atoms with Gasteiger partial charge in [-0.15, -0.1) is 0 Å². The van der Waals surface area contributed by atoms with Crippen molar-refractivity contribution < 1.29 is 34.3 Å². The second-order valence-electron chi connectivity index (χ2n) is 9.08. The molecule has 7 nitrogen and oxygen atoms in total. The molecule has 0 spiro atoms. The maximum Gasteiger partial charge on any atom is 0.202 e. The van der Waals surface area contributed by atoms with Gasteiger partial charge in [-0.2, -0.15) is 0 Å². The van der Waals surface area contributed by atoms with E-state index >= 15 is 0 Å². The van der Waals surface area contributed by atoms with E-state index in [9.17, 15) is 20.1 Å². The molecule has 0 radical (unpaired) electrons. The van der Waals surface area contributed by atoms with Gasteiger partial charge in [0.15, 0.2) is 23.7 Å². The molecule has 7 heteroatoms. The Morgan fingerprint density at radius 1 is 1.21 bits per heavy atom. The van der Waals surface area contributed by atoms with Gasteiger partial charge >= 0.3 is 0 Å². The largest absolute Gasteiger partial charge is 0.506 e. The minimum absolute atomic E-state index is 0.0691. The van der Waals surface area contributed by atoms with E-state index in [0.29, 0.717) is 28.9 Å². The van der Waals surface area contributed by atoms with Crippen molar-refractivity contribution in [2.75, 3.05) is 7.11 Å². The maximum atomic E-state index is 13.3. The minimum atomic E-state index is -1.57. The number of aliphatic hydroxyl groups is 1. The van der Waals surface area contributed by atoms with Crippen LogP contribution in [0.15, 0.2) is 35.9 Å². The number of benzene rings is 2. The zero-order valence-corrected chi connectivity index (χ0v) is 19.3. The summed E-state index contributed by atoms with van der Waals surface area (Å²) in [6.07, 6.45) is 3.26. The molecule has 0 saturated heterocycles. The molecule has 2 aliphatic heterocycles. The van der Waals surface area contributed by atoms with Crippen LogP contribution in [0, 0.1) is 0 Å². The molecule has 0 amide bonds. The number of phenols is 2. The number of ether oxygens (including phenoxy) is 3. The molecular weight excluding hydrogens is 424 g/mol. The fourth-order valence-corrected chi connectivity index (χ4v) is 4.08. The molecule has 33 heavy (non-hydrogen) atoms. The van der Waals surface area contributed by atoms with Crippen LogP contribution in [0.4, 0.5) is 0 Å². The lowest BCUT2D eigenvalue weighted by molar-refractivity contribution is 0.0203. The predicted octanol–water partition coefficient (Wildman–Crippen LogP) is 4.48. The van der Waals surface area contributed by atoms with Crippen LogP contribution in [-0.4, -0.2) is 39.9 Å². The second kappa shape index (κ2) is 8.15. The molecule has 2 unspecified atom stereocenters. The number of ketones is 1. The molecule has 0 aliphatic carbocycles. The van der Waals surface area contributed by atoms with Crippen LogP contribution in [0.5, 0.6) is 28.7 Å². The molecule has 2 aromatic rings. The van der Waals surface area contributed by atoms with Crippen molar-refractivity contribution in [3.05, 3.63) is 58.2 Å². The van der Waals surface area contributed by atoms with Crippen molar-refractivity contribution in [1.29, 1.82) is 0 Å². The Labute approximate surface area is 192 Å². The summed E-state index contributed by atoms with van der Waals surface area (Å²) in [4.78, 5) is 13.3. The summed E-state index contributed by atoms with van der Waals surface area (Å²) >= 11 is 0. The van der Waals surface area contributed by atoms with Crippen LogP contribution in [0.1, 0.15) is 60.8 Å². The minimum Gasteiger partial charge on any atom is -0.506 e. The summed E-state index contributed by atoms with van der Waals surface area (Å²) in [6, 6.07) is 4.54. The third-order valence-corrected chi connectivity index (χ3v) is 5.82. The second-order valence-corrected chi connectivity index (χ2v) is 9.08. The first-order valence-electron chi connectivity index (χ1n) is 10.7. The Kier molecular flexibility index (Phi) is 5.62. The average molecular weight is 453 g/mol. The van der Waals surface area contributed by atoms with E-state index in [0.717, 1.165) is 5.57 Å². The number of aromatic hydroxyl groups is 2. The van der Waals surface area contributed by atoms with Gasteiger partial charge in [0.2, 0.25) is 5.78 Å². The lowest BCUT2D eigenvalue weighted by Gasteiger charge is -2.36. The normalized spacial score (nSPS) is 20.2. The first-order valence-corrected chi connectivity index (χ1v) is 10.7. The van der Waals surface area contributed by atoms with Gasteiger partial charge in [-0.25, -0.2) is 0 Å². The monoisotopic (exact) mass is 452 g/mol. The fourth-order valence-electron chi connectivity index (χ4n) is 4.08. The zero-order valence-electron chi connectivity index (χ0n) is 19.3. The van der Waals surface area contributed by atoms with E-state index in [1.54, 1.807) is 18.2 Å².